The first-order valence-electron chi connectivity index (χ1n) is 6.75. The standard InChI is InChI=1S/C17H20FNO2/c1-11-5-6-12(9-16(11)18)17(19-2)13-7-14(20-3)10-15(8-13)21-4/h5-10,17,19H,1-4H3. The van der Waals surface area contributed by atoms with Gasteiger partial charge in [-0.1, -0.05) is 12.1 Å². The fraction of sp³-hybridized carbons (Fsp3) is 0.294. The van der Waals surface area contributed by atoms with Crippen LogP contribution in [0, 0.1) is 12.7 Å². The highest BCUT2D eigenvalue weighted by Gasteiger charge is 2.15. The molecule has 0 bridgehead atoms. The van der Waals surface area contributed by atoms with E-state index in [1.807, 2.05) is 31.3 Å². The molecule has 0 aliphatic rings. The van der Waals surface area contributed by atoms with Crippen LogP contribution < -0.4 is 14.8 Å². The van der Waals surface area contributed by atoms with Gasteiger partial charge in [-0.25, -0.2) is 4.39 Å². The second-order valence-corrected chi connectivity index (χ2v) is 4.88. The van der Waals surface area contributed by atoms with E-state index in [9.17, 15) is 4.39 Å². The monoisotopic (exact) mass is 289 g/mol. The maximum atomic E-state index is 13.8. The van der Waals surface area contributed by atoms with Gasteiger partial charge in [-0.05, 0) is 48.9 Å². The Morgan fingerprint density at radius 3 is 2.05 bits per heavy atom. The van der Waals surface area contributed by atoms with Crippen molar-refractivity contribution in [1.29, 1.82) is 0 Å². The first kappa shape index (κ1) is 15.3. The zero-order valence-corrected chi connectivity index (χ0v) is 12.7. The summed E-state index contributed by atoms with van der Waals surface area (Å²) in [5, 5.41) is 3.21. The second kappa shape index (κ2) is 6.59. The molecule has 1 N–H and O–H groups in total. The summed E-state index contributed by atoms with van der Waals surface area (Å²) in [7, 11) is 5.06. The Morgan fingerprint density at radius 1 is 0.952 bits per heavy atom. The molecule has 0 aliphatic heterocycles. The zero-order valence-electron chi connectivity index (χ0n) is 12.7. The molecule has 0 saturated carbocycles. The van der Waals surface area contributed by atoms with Crippen molar-refractivity contribution < 1.29 is 13.9 Å². The largest absolute Gasteiger partial charge is 0.497 e. The summed E-state index contributed by atoms with van der Waals surface area (Å²) in [6.45, 7) is 1.75. The number of hydrogen-bond acceptors (Lipinski definition) is 3. The number of aryl methyl sites for hydroxylation is 1. The highest BCUT2D eigenvalue weighted by molar-refractivity contribution is 5.43. The van der Waals surface area contributed by atoms with Gasteiger partial charge in [-0.15, -0.1) is 0 Å². The third kappa shape index (κ3) is 3.34. The fourth-order valence-corrected chi connectivity index (χ4v) is 2.31. The van der Waals surface area contributed by atoms with Crippen molar-refractivity contribution in [1.82, 2.24) is 5.32 Å². The second-order valence-electron chi connectivity index (χ2n) is 4.88. The van der Waals surface area contributed by atoms with Crippen LogP contribution in [-0.4, -0.2) is 21.3 Å². The normalized spacial score (nSPS) is 12.0. The third-order valence-corrected chi connectivity index (χ3v) is 3.53. The maximum Gasteiger partial charge on any atom is 0.126 e. The van der Waals surface area contributed by atoms with Gasteiger partial charge in [-0.3, -0.25) is 0 Å². The maximum absolute atomic E-state index is 13.8. The summed E-state index contributed by atoms with van der Waals surface area (Å²) in [5.74, 6) is 1.21. The van der Waals surface area contributed by atoms with Crippen LogP contribution in [0.5, 0.6) is 11.5 Å². The number of ether oxygens (including phenoxy) is 2. The van der Waals surface area contributed by atoms with Crippen molar-refractivity contribution in [3.63, 3.8) is 0 Å². The molecule has 0 fully saturated rings. The van der Waals surface area contributed by atoms with Crippen LogP contribution in [0.15, 0.2) is 36.4 Å². The van der Waals surface area contributed by atoms with Crippen LogP contribution in [-0.2, 0) is 0 Å². The number of nitrogens with one attached hydrogen (secondary N) is 1. The van der Waals surface area contributed by atoms with Crippen molar-refractivity contribution in [2.45, 2.75) is 13.0 Å². The van der Waals surface area contributed by atoms with E-state index >= 15 is 0 Å². The average Bonchev–Trinajstić information content (AvgIpc) is 2.51. The lowest BCUT2D eigenvalue weighted by Crippen LogP contribution is -2.18. The van der Waals surface area contributed by atoms with Gasteiger partial charge in [0.1, 0.15) is 17.3 Å². The smallest absolute Gasteiger partial charge is 0.126 e. The summed E-state index contributed by atoms with van der Waals surface area (Å²) < 4.78 is 24.4. The first-order chi connectivity index (χ1) is 10.1. The van der Waals surface area contributed by atoms with Gasteiger partial charge in [0.2, 0.25) is 0 Å². The van der Waals surface area contributed by atoms with Crippen molar-refractivity contribution in [2.24, 2.45) is 0 Å². The summed E-state index contributed by atoms with van der Waals surface area (Å²) in [5.41, 5.74) is 2.45. The molecular formula is C17H20FNO2. The number of rotatable bonds is 5. The van der Waals surface area contributed by atoms with Gasteiger partial charge in [0.15, 0.2) is 0 Å². The molecule has 0 saturated heterocycles. The van der Waals surface area contributed by atoms with E-state index in [4.69, 9.17) is 9.47 Å². The molecule has 0 radical (unpaired) electrons. The Labute approximate surface area is 124 Å². The van der Waals surface area contributed by atoms with Crippen LogP contribution in [0.1, 0.15) is 22.7 Å². The Kier molecular flexibility index (Phi) is 4.81. The SMILES string of the molecule is CNC(c1cc(OC)cc(OC)c1)c1ccc(C)c(F)c1. The van der Waals surface area contributed by atoms with E-state index < -0.39 is 0 Å². The van der Waals surface area contributed by atoms with Crippen LogP contribution in [0.3, 0.4) is 0 Å². The van der Waals surface area contributed by atoms with Crippen LogP contribution >= 0.6 is 0 Å². The van der Waals surface area contributed by atoms with E-state index in [2.05, 4.69) is 5.32 Å². The molecule has 112 valence electrons. The molecule has 2 rings (SSSR count). The predicted octanol–water partition coefficient (Wildman–Crippen LogP) is 3.46. The van der Waals surface area contributed by atoms with Gasteiger partial charge < -0.3 is 14.8 Å². The Hall–Kier alpha value is -2.07. The molecule has 21 heavy (non-hydrogen) atoms. The van der Waals surface area contributed by atoms with Crippen LogP contribution in [0.2, 0.25) is 0 Å². The molecular weight excluding hydrogens is 269 g/mol. The topological polar surface area (TPSA) is 30.5 Å². The van der Waals surface area contributed by atoms with Crippen LogP contribution in [0.25, 0.3) is 0 Å². The van der Waals surface area contributed by atoms with Gasteiger partial charge in [0.25, 0.3) is 0 Å². The Bertz CT molecular complexity index is 606. The molecule has 4 heteroatoms. The highest BCUT2D eigenvalue weighted by atomic mass is 19.1. The van der Waals surface area contributed by atoms with E-state index in [-0.39, 0.29) is 11.9 Å². The van der Waals surface area contributed by atoms with E-state index in [1.165, 1.54) is 0 Å². The van der Waals surface area contributed by atoms with Gasteiger partial charge in [0, 0.05) is 6.07 Å². The number of methoxy groups -OCH3 is 2. The van der Waals surface area contributed by atoms with E-state index in [1.54, 1.807) is 33.3 Å². The summed E-state index contributed by atoms with van der Waals surface area (Å²) in [6.07, 6.45) is 0. The summed E-state index contributed by atoms with van der Waals surface area (Å²) in [6, 6.07) is 10.8. The molecule has 0 aromatic heterocycles. The number of hydrogen-bond donors (Lipinski definition) is 1. The lowest BCUT2D eigenvalue weighted by molar-refractivity contribution is 0.392. The molecule has 2 aromatic rings. The van der Waals surface area contributed by atoms with Gasteiger partial charge in [-0.2, -0.15) is 0 Å². The molecule has 0 aliphatic carbocycles. The molecule has 2 aromatic carbocycles. The lowest BCUT2D eigenvalue weighted by atomic mass is 9.97. The molecule has 3 nitrogen and oxygen atoms in total. The Morgan fingerprint density at radius 2 is 1.57 bits per heavy atom. The first-order valence-corrected chi connectivity index (χ1v) is 6.75. The zero-order chi connectivity index (χ0) is 15.4. The van der Waals surface area contributed by atoms with Crippen molar-refractivity contribution in [3.8, 4) is 11.5 Å². The van der Waals surface area contributed by atoms with Gasteiger partial charge >= 0.3 is 0 Å². The summed E-state index contributed by atoms with van der Waals surface area (Å²) in [4.78, 5) is 0. The molecule has 0 heterocycles. The summed E-state index contributed by atoms with van der Waals surface area (Å²) >= 11 is 0. The van der Waals surface area contributed by atoms with Crippen molar-refractivity contribution in [3.05, 3.63) is 58.9 Å². The average molecular weight is 289 g/mol. The minimum absolute atomic E-state index is 0.135. The third-order valence-electron chi connectivity index (χ3n) is 3.53. The number of benzene rings is 2. The minimum Gasteiger partial charge on any atom is -0.497 e. The predicted molar refractivity (Wildman–Crippen MR) is 81.6 cm³/mol. The van der Waals surface area contributed by atoms with Crippen molar-refractivity contribution in [2.75, 3.05) is 21.3 Å². The molecule has 0 spiro atoms. The molecule has 1 atom stereocenters. The van der Waals surface area contributed by atoms with Crippen LogP contribution in [0.4, 0.5) is 4.39 Å². The lowest BCUT2D eigenvalue weighted by Gasteiger charge is -2.19. The minimum atomic E-state index is -0.206. The van der Waals surface area contributed by atoms with Crippen molar-refractivity contribution >= 4 is 0 Å². The van der Waals surface area contributed by atoms with Gasteiger partial charge in [0.05, 0.1) is 20.3 Å². The number of halogens is 1. The quantitative estimate of drug-likeness (QED) is 0.914. The van der Waals surface area contributed by atoms with E-state index in [0.29, 0.717) is 17.1 Å². The molecule has 1 unspecified atom stereocenters. The highest BCUT2D eigenvalue weighted by Crippen LogP contribution is 2.30. The van der Waals surface area contributed by atoms with E-state index in [0.717, 1.165) is 11.1 Å². The fourth-order valence-electron chi connectivity index (χ4n) is 2.31. The molecule has 0 amide bonds. The Balaban J connectivity index is 2.47.